The van der Waals surface area contributed by atoms with E-state index in [1.165, 1.54) is 17.2 Å². The fraction of sp³-hybridized carbons (Fsp3) is 0.421. The zero-order valence-electron chi connectivity index (χ0n) is 17.2. The number of nitrogens with zero attached hydrogens (tertiary/aromatic N) is 4. The van der Waals surface area contributed by atoms with E-state index < -0.39 is 40.4 Å². The van der Waals surface area contributed by atoms with Crippen LogP contribution < -0.4 is 10.5 Å². The third-order valence-corrected chi connectivity index (χ3v) is 6.93. The van der Waals surface area contributed by atoms with Gasteiger partial charge in [-0.05, 0) is 5.56 Å². The Morgan fingerprint density at radius 3 is 2.67 bits per heavy atom. The van der Waals surface area contributed by atoms with Crippen LogP contribution in [0, 0.1) is 0 Å². The number of nitrogens with one attached hydrogen (secondary N) is 1. The van der Waals surface area contributed by atoms with Crippen LogP contribution in [0.1, 0.15) is 5.56 Å². The Morgan fingerprint density at radius 1 is 1.21 bits per heavy atom. The highest BCUT2D eigenvalue weighted by molar-refractivity contribution is 7.84. The molecule has 2 fully saturated rings. The van der Waals surface area contributed by atoms with Gasteiger partial charge < -0.3 is 25.4 Å². The Bertz CT molecular complexity index is 1270. The lowest BCUT2D eigenvalue weighted by atomic mass is 9.89. The van der Waals surface area contributed by atoms with Gasteiger partial charge in [0.15, 0.2) is 17.2 Å². The second-order valence-electron chi connectivity index (χ2n) is 8.00. The molecule has 0 bridgehead atoms. The van der Waals surface area contributed by atoms with E-state index in [2.05, 4.69) is 19.7 Å². The fourth-order valence-corrected chi connectivity index (χ4v) is 5.05. The monoisotopic (exact) mass is 478 g/mol. The van der Waals surface area contributed by atoms with Crippen molar-refractivity contribution in [1.82, 2.24) is 24.2 Å². The number of anilines is 1. The van der Waals surface area contributed by atoms with Crippen LogP contribution in [0.4, 0.5) is 5.82 Å². The smallest absolute Gasteiger partial charge is 0.336 e. The number of nitrogens with two attached hydrogens (primary N) is 1. The number of aliphatic hydroxyl groups is 2. The van der Waals surface area contributed by atoms with Crippen molar-refractivity contribution in [2.75, 3.05) is 32.2 Å². The minimum Gasteiger partial charge on any atom is -0.385 e. The Labute approximate surface area is 188 Å². The van der Waals surface area contributed by atoms with Gasteiger partial charge in [-0.1, -0.05) is 30.3 Å². The summed E-state index contributed by atoms with van der Waals surface area (Å²) in [7, 11) is -4.25. The van der Waals surface area contributed by atoms with E-state index >= 15 is 0 Å². The van der Waals surface area contributed by atoms with Crippen LogP contribution in [-0.4, -0.2) is 76.8 Å². The first-order valence-corrected chi connectivity index (χ1v) is 11.4. The number of hydrogen-bond donors (Lipinski definition) is 4. The van der Waals surface area contributed by atoms with Gasteiger partial charge in [-0.25, -0.2) is 15.0 Å². The van der Waals surface area contributed by atoms with E-state index in [1.54, 1.807) is 24.3 Å². The van der Waals surface area contributed by atoms with Crippen molar-refractivity contribution in [2.24, 2.45) is 0 Å². The van der Waals surface area contributed by atoms with E-state index in [1.807, 2.05) is 6.07 Å². The number of nitrogen functional groups attached to an aromatic ring is 1. The number of benzene rings is 1. The lowest BCUT2D eigenvalue weighted by Gasteiger charge is -2.41. The van der Waals surface area contributed by atoms with Crippen LogP contribution in [0.15, 0.2) is 43.0 Å². The first-order valence-electron chi connectivity index (χ1n) is 10.0. The second-order valence-corrected chi connectivity index (χ2v) is 9.35. The molecular formula is C19H22N6O7S. The first kappa shape index (κ1) is 22.1. The van der Waals surface area contributed by atoms with Crippen molar-refractivity contribution in [2.45, 2.75) is 23.5 Å². The van der Waals surface area contributed by atoms with Gasteiger partial charge >= 0.3 is 10.3 Å². The van der Waals surface area contributed by atoms with Gasteiger partial charge in [-0.3, -0.25) is 8.75 Å². The standard InChI is InChI=1S/C19H22N6O7S/c20-16-14-17(22-10-21-16)25(11-23-14)19(27)9-31-13(15(19)26)6-32-33(28,29)24-18(7-30-8-18)12-4-2-1-3-5-12/h1-5,10-11,13,15,24,26-27H,6-9H2,(H2,20,21,22)/t13-,15-,19-/m1/s1. The van der Waals surface area contributed by atoms with Crippen LogP contribution in [0.2, 0.25) is 0 Å². The highest BCUT2D eigenvalue weighted by Crippen LogP contribution is 2.34. The van der Waals surface area contributed by atoms with E-state index in [0.717, 1.165) is 5.56 Å². The van der Waals surface area contributed by atoms with Gasteiger partial charge in [0, 0.05) is 0 Å². The molecule has 0 radical (unpaired) electrons. The lowest BCUT2D eigenvalue weighted by Crippen LogP contribution is -2.59. The summed E-state index contributed by atoms with van der Waals surface area (Å²) in [6.45, 7) is -0.581. The zero-order valence-corrected chi connectivity index (χ0v) is 18.1. The molecule has 2 aromatic heterocycles. The molecule has 3 aromatic rings. The Morgan fingerprint density at radius 2 is 1.97 bits per heavy atom. The molecule has 1 aromatic carbocycles. The molecular weight excluding hydrogens is 456 g/mol. The Balaban J connectivity index is 1.29. The van der Waals surface area contributed by atoms with Crippen molar-refractivity contribution in [3.05, 3.63) is 48.5 Å². The van der Waals surface area contributed by atoms with Crippen LogP contribution in [0.5, 0.6) is 0 Å². The number of ether oxygens (including phenoxy) is 2. The number of aliphatic hydroxyl groups excluding tert-OH is 1. The van der Waals surface area contributed by atoms with E-state index in [4.69, 9.17) is 19.4 Å². The predicted octanol–water partition coefficient (Wildman–Crippen LogP) is -1.41. The first-order chi connectivity index (χ1) is 15.7. The highest BCUT2D eigenvalue weighted by atomic mass is 32.2. The van der Waals surface area contributed by atoms with Crippen molar-refractivity contribution in [1.29, 1.82) is 0 Å². The quantitative estimate of drug-likeness (QED) is 0.313. The summed E-state index contributed by atoms with van der Waals surface area (Å²) in [6, 6.07) is 9.01. The Kier molecular flexibility index (Phi) is 5.32. The van der Waals surface area contributed by atoms with Gasteiger partial charge in [0.05, 0.1) is 32.8 Å². The molecule has 2 aliphatic rings. The average Bonchev–Trinajstić information content (AvgIpc) is 3.34. The fourth-order valence-electron chi connectivity index (χ4n) is 3.96. The van der Waals surface area contributed by atoms with E-state index in [9.17, 15) is 18.6 Å². The van der Waals surface area contributed by atoms with Crippen molar-refractivity contribution in [3.63, 3.8) is 0 Å². The molecule has 0 spiro atoms. The molecule has 176 valence electrons. The normalized spacial score (nSPS) is 27.0. The summed E-state index contributed by atoms with van der Waals surface area (Å²) < 4.78 is 44.8. The molecule has 0 unspecified atom stereocenters. The van der Waals surface area contributed by atoms with Crippen molar-refractivity contribution >= 4 is 27.3 Å². The third-order valence-electron chi connectivity index (χ3n) is 5.85. The highest BCUT2D eigenvalue weighted by Gasteiger charge is 2.51. The zero-order chi connectivity index (χ0) is 23.3. The minimum absolute atomic E-state index is 0.111. The molecule has 0 amide bonds. The van der Waals surface area contributed by atoms with E-state index in [0.29, 0.717) is 0 Å². The average molecular weight is 478 g/mol. The van der Waals surface area contributed by atoms with Gasteiger partial charge in [-0.2, -0.15) is 13.1 Å². The maximum absolute atomic E-state index is 12.6. The van der Waals surface area contributed by atoms with Crippen LogP contribution >= 0.6 is 0 Å². The SMILES string of the molecule is Nc1ncnc2c1ncn2[C@@]1(O)CO[C@H](COS(=O)(=O)NC2(c3ccccc3)COC2)[C@H]1O. The van der Waals surface area contributed by atoms with Crippen LogP contribution in [0.3, 0.4) is 0 Å². The molecule has 5 rings (SSSR count). The number of rotatable bonds is 7. The molecule has 0 aliphatic carbocycles. The Hall–Kier alpha value is -2.72. The molecule has 0 saturated carbocycles. The van der Waals surface area contributed by atoms with Gasteiger partial charge in [0.25, 0.3) is 0 Å². The van der Waals surface area contributed by atoms with Crippen LogP contribution in [-0.2, 0) is 35.2 Å². The number of aromatic nitrogens is 4. The molecule has 13 nitrogen and oxygen atoms in total. The largest absolute Gasteiger partial charge is 0.385 e. The van der Waals surface area contributed by atoms with Crippen molar-refractivity contribution < 1.29 is 32.3 Å². The molecule has 5 N–H and O–H groups in total. The number of hydrogen-bond acceptors (Lipinski definition) is 11. The summed E-state index contributed by atoms with van der Waals surface area (Å²) >= 11 is 0. The van der Waals surface area contributed by atoms with Gasteiger partial charge in [-0.15, -0.1) is 0 Å². The summed E-state index contributed by atoms with van der Waals surface area (Å²) in [5.41, 5.74) is 4.05. The van der Waals surface area contributed by atoms with Crippen molar-refractivity contribution in [3.8, 4) is 0 Å². The lowest BCUT2D eigenvalue weighted by molar-refractivity contribution is -0.109. The second kappa shape index (κ2) is 7.95. The predicted molar refractivity (Wildman–Crippen MR) is 113 cm³/mol. The summed E-state index contributed by atoms with van der Waals surface area (Å²) in [5, 5.41) is 21.9. The summed E-state index contributed by atoms with van der Waals surface area (Å²) in [5.74, 6) is 0.111. The van der Waals surface area contributed by atoms with E-state index in [-0.39, 0.29) is 36.8 Å². The molecule has 3 atom stereocenters. The molecule has 2 aliphatic heterocycles. The minimum atomic E-state index is -4.25. The molecule has 2 saturated heterocycles. The summed E-state index contributed by atoms with van der Waals surface area (Å²) in [4.78, 5) is 12.0. The van der Waals surface area contributed by atoms with Gasteiger partial charge in [0.2, 0.25) is 0 Å². The maximum atomic E-state index is 12.6. The van der Waals surface area contributed by atoms with Crippen LogP contribution in [0.25, 0.3) is 11.2 Å². The topological polar surface area (TPSA) is 184 Å². The molecule has 4 heterocycles. The number of fused-ring (bicyclic) bond motifs is 1. The number of imidazole rings is 1. The third kappa shape index (κ3) is 3.74. The maximum Gasteiger partial charge on any atom is 0.336 e. The summed E-state index contributed by atoms with van der Waals surface area (Å²) in [6.07, 6.45) is -0.235. The molecule has 33 heavy (non-hydrogen) atoms. The van der Waals surface area contributed by atoms with Gasteiger partial charge in [0.1, 0.15) is 29.6 Å². The molecule has 14 heteroatoms.